The molecule has 0 fully saturated rings. The van der Waals surface area contributed by atoms with Crippen LogP contribution in [-0.2, 0) is 22.4 Å². The Morgan fingerprint density at radius 3 is 2.16 bits per heavy atom. The Labute approximate surface area is 320 Å². The minimum atomic E-state index is -0.923. The van der Waals surface area contributed by atoms with Gasteiger partial charge in [0.15, 0.2) is 0 Å². The predicted octanol–water partition coefficient (Wildman–Crippen LogP) is 9.57. The second-order valence-corrected chi connectivity index (χ2v) is 14.3. The van der Waals surface area contributed by atoms with Crippen molar-refractivity contribution in [3.05, 3.63) is 192 Å². The summed E-state index contributed by atoms with van der Waals surface area (Å²) in [6.07, 6.45) is 5.03. The molecule has 0 unspecified atom stereocenters. The summed E-state index contributed by atoms with van der Waals surface area (Å²) in [5, 5.41) is 8.43. The van der Waals surface area contributed by atoms with Gasteiger partial charge >= 0.3 is 6.09 Å². The zero-order valence-corrected chi connectivity index (χ0v) is 30.2. The van der Waals surface area contributed by atoms with Crippen LogP contribution in [0.4, 0.5) is 4.79 Å². The predicted molar refractivity (Wildman–Crippen MR) is 217 cm³/mol. The summed E-state index contributed by atoms with van der Waals surface area (Å²) in [5.74, 6) is 0.218. The van der Waals surface area contributed by atoms with Crippen LogP contribution in [0, 0.1) is 0 Å². The summed E-state index contributed by atoms with van der Waals surface area (Å²) in [6, 6.07) is 47.7. The minimum Gasteiger partial charge on any atom is -0.449 e. The number of imidazole rings is 1. The summed E-state index contributed by atoms with van der Waals surface area (Å²) in [6.45, 7) is 0.148. The van der Waals surface area contributed by atoms with E-state index in [1.54, 1.807) is 0 Å². The summed E-state index contributed by atoms with van der Waals surface area (Å²) in [5.41, 5.74) is 10.9. The zero-order chi connectivity index (χ0) is 37.1. The maximum Gasteiger partial charge on any atom is 0.407 e. The standard InChI is InChI=1S/C48H40N4O3/c53-47(51-43(28-36-25-24-33-13-6-7-17-37(33)36)46-49-29-45(50-46)34-14-2-1-3-15-34)44(27-31-22-23-32-12-4-5-16-35(32)26-31)52-48(54)55-30-42-40-20-10-8-18-38(40)39-19-9-11-21-41(39)42/h1-23,25-26,29,42-44H,24,27-28,30H2,(H,49,50)(H,51,53)(H,52,54)/t43-,44-/m1/s1. The van der Waals surface area contributed by atoms with Gasteiger partial charge < -0.3 is 20.4 Å². The van der Waals surface area contributed by atoms with Crippen LogP contribution in [-0.4, -0.2) is 34.6 Å². The van der Waals surface area contributed by atoms with Crippen molar-refractivity contribution in [1.29, 1.82) is 0 Å². The van der Waals surface area contributed by atoms with Crippen LogP contribution in [0.1, 0.15) is 52.0 Å². The van der Waals surface area contributed by atoms with Crippen LogP contribution in [0.2, 0.25) is 0 Å². The Morgan fingerprint density at radius 1 is 0.709 bits per heavy atom. The first-order chi connectivity index (χ1) is 27.1. The number of H-pyrrole nitrogens is 1. The Kier molecular flexibility index (Phi) is 9.26. The van der Waals surface area contributed by atoms with Crippen molar-refractivity contribution in [2.45, 2.75) is 37.3 Å². The van der Waals surface area contributed by atoms with E-state index in [9.17, 15) is 9.59 Å². The first-order valence-electron chi connectivity index (χ1n) is 18.8. The largest absolute Gasteiger partial charge is 0.449 e. The molecule has 2 aliphatic rings. The monoisotopic (exact) mass is 720 g/mol. The molecule has 2 atom stereocenters. The second-order valence-electron chi connectivity index (χ2n) is 14.3. The van der Waals surface area contributed by atoms with E-state index in [1.807, 2.05) is 91.1 Å². The highest BCUT2D eigenvalue weighted by molar-refractivity contribution is 5.88. The van der Waals surface area contributed by atoms with E-state index in [0.717, 1.165) is 61.8 Å². The number of alkyl carbamates (subject to hydrolysis) is 1. The fourth-order valence-electron chi connectivity index (χ4n) is 8.13. The third kappa shape index (κ3) is 7.04. The molecule has 270 valence electrons. The Morgan fingerprint density at radius 2 is 1.38 bits per heavy atom. The zero-order valence-electron chi connectivity index (χ0n) is 30.2. The molecule has 7 nitrogen and oxygen atoms in total. The van der Waals surface area contributed by atoms with E-state index in [0.29, 0.717) is 12.2 Å². The SMILES string of the molecule is O=C(N[C@H](Cc1ccc2ccccc2c1)C(=O)N[C@H](CC1=CCc2ccccc21)c1ncc(-c2ccccc2)[nH]1)OCC1c2ccccc2-c2ccccc21. The quantitative estimate of drug-likeness (QED) is 0.124. The Hall–Kier alpha value is -6.73. The van der Waals surface area contributed by atoms with E-state index in [2.05, 4.69) is 82.4 Å². The fourth-order valence-corrected chi connectivity index (χ4v) is 8.13. The maximum absolute atomic E-state index is 14.6. The number of nitrogens with zero attached hydrogens (tertiary/aromatic N) is 1. The number of aromatic amines is 1. The summed E-state index contributed by atoms with van der Waals surface area (Å²) in [4.78, 5) is 36.6. The van der Waals surface area contributed by atoms with Gasteiger partial charge in [0.25, 0.3) is 0 Å². The molecule has 6 aromatic carbocycles. The number of fused-ring (bicyclic) bond motifs is 5. The highest BCUT2D eigenvalue weighted by Gasteiger charge is 2.31. The highest BCUT2D eigenvalue weighted by Crippen LogP contribution is 2.44. The summed E-state index contributed by atoms with van der Waals surface area (Å²) >= 11 is 0. The molecule has 0 saturated carbocycles. The van der Waals surface area contributed by atoms with Crippen molar-refractivity contribution in [2.24, 2.45) is 0 Å². The molecule has 9 rings (SSSR count). The van der Waals surface area contributed by atoms with Crippen molar-refractivity contribution in [1.82, 2.24) is 20.6 Å². The van der Waals surface area contributed by atoms with Crippen LogP contribution in [0.15, 0.2) is 158 Å². The van der Waals surface area contributed by atoms with Gasteiger partial charge in [0, 0.05) is 18.8 Å². The van der Waals surface area contributed by atoms with Gasteiger partial charge in [-0.1, -0.05) is 152 Å². The van der Waals surface area contributed by atoms with Gasteiger partial charge in [-0.05, 0) is 67.3 Å². The van der Waals surface area contributed by atoms with Crippen LogP contribution in [0.3, 0.4) is 0 Å². The number of nitrogens with one attached hydrogen (secondary N) is 3. The minimum absolute atomic E-state index is 0.101. The Bertz CT molecular complexity index is 2510. The molecule has 0 saturated heterocycles. The van der Waals surface area contributed by atoms with E-state index in [4.69, 9.17) is 9.72 Å². The molecule has 0 aliphatic heterocycles. The third-order valence-corrected chi connectivity index (χ3v) is 10.9. The maximum atomic E-state index is 14.6. The van der Waals surface area contributed by atoms with E-state index in [-0.39, 0.29) is 24.9 Å². The lowest BCUT2D eigenvalue weighted by Crippen LogP contribution is -2.49. The molecule has 7 aromatic rings. The van der Waals surface area contributed by atoms with Crippen molar-refractivity contribution in [2.75, 3.05) is 6.61 Å². The number of benzene rings is 6. The average Bonchev–Trinajstić information content (AvgIpc) is 3.97. The number of carbonyl (C=O) groups is 2. The number of hydrogen-bond donors (Lipinski definition) is 3. The summed E-state index contributed by atoms with van der Waals surface area (Å²) in [7, 11) is 0. The molecule has 3 N–H and O–H groups in total. The van der Waals surface area contributed by atoms with Gasteiger partial charge in [-0.25, -0.2) is 9.78 Å². The molecule has 2 amide bonds. The van der Waals surface area contributed by atoms with Gasteiger partial charge in [0.1, 0.15) is 18.5 Å². The molecule has 7 heteroatoms. The smallest absolute Gasteiger partial charge is 0.407 e. The van der Waals surface area contributed by atoms with Gasteiger partial charge in [-0.15, -0.1) is 0 Å². The van der Waals surface area contributed by atoms with Crippen LogP contribution < -0.4 is 10.6 Å². The number of allylic oxidation sites excluding steroid dienone is 1. The first-order valence-corrected chi connectivity index (χ1v) is 18.8. The fraction of sp³-hybridized carbons (Fsp3) is 0.146. The molecule has 1 heterocycles. The number of hydrogen-bond acceptors (Lipinski definition) is 4. The van der Waals surface area contributed by atoms with E-state index < -0.39 is 18.2 Å². The lowest BCUT2D eigenvalue weighted by Gasteiger charge is -2.24. The van der Waals surface area contributed by atoms with Crippen LogP contribution >= 0.6 is 0 Å². The normalized spacial score (nSPS) is 14.0. The molecule has 0 bridgehead atoms. The lowest BCUT2D eigenvalue weighted by molar-refractivity contribution is -0.123. The number of rotatable bonds is 11. The second kappa shape index (κ2) is 15.0. The topological polar surface area (TPSA) is 96.1 Å². The molecule has 55 heavy (non-hydrogen) atoms. The van der Waals surface area contributed by atoms with Crippen molar-refractivity contribution >= 4 is 28.3 Å². The molecule has 0 radical (unpaired) electrons. The third-order valence-electron chi connectivity index (χ3n) is 10.9. The van der Waals surface area contributed by atoms with Gasteiger partial charge in [-0.3, -0.25) is 4.79 Å². The molecule has 1 aromatic heterocycles. The van der Waals surface area contributed by atoms with Crippen molar-refractivity contribution < 1.29 is 14.3 Å². The van der Waals surface area contributed by atoms with Gasteiger partial charge in [0.05, 0.1) is 17.9 Å². The van der Waals surface area contributed by atoms with Gasteiger partial charge in [-0.2, -0.15) is 0 Å². The van der Waals surface area contributed by atoms with E-state index >= 15 is 0 Å². The Balaban J connectivity index is 0.991. The summed E-state index contributed by atoms with van der Waals surface area (Å²) < 4.78 is 5.96. The lowest BCUT2D eigenvalue weighted by atomic mass is 9.98. The number of carbonyl (C=O) groups excluding carboxylic acids is 2. The van der Waals surface area contributed by atoms with E-state index in [1.165, 1.54) is 11.1 Å². The average molecular weight is 721 g/mol. The van der Waals surface area contributed by atoms with Crippen molar-refractivity contribution in [3.8, 4) is 22.4 Å². The molecule has 2 aliphatic carbocycles. The van der Waals surface area contributed by atoms with Crippen LogP contribution in [0.5, 0.6) is 0 Å². The molecular weight excluding hydrogens is 681 g/mol. The van der Waals surface area contributed by atoms with Gasteiger partial charge in [0.2, 0.25) is 5.91 Å². The van der Waals surface area contributed by atoms with Crippen molar-refractivity contribution in [3.63, 3.8) is 0 Å². The van der Waals surface area contributed by atoms with Crippen LogP contribution in [0.25, 0.3) is 38.7 Å². The molecular formula is C48H40N4O3. The number of ether oxygens (including phenoxy) is 1. The number of aromatic nitrogens is 2. The highest BCUT2D eigenvalue weighted by atomic mass is 16.5. The molecule has 0 spiro atoms. The first kappa shape index (κ1) is 34.1. The number of amides is 2.